The average Bonchev–Trinajstić information content (AvgIpc) is 3.07. The predicted molar refractivity (Wildman–Crippen MR) is 119 cm³/mol. The Morgan fingerprint density at radius 1 is 0.778 bits per heavy atom. The molecule has 1 unspecified atom stereocenters. The second-order valence-electron chi connectivity index (χ2n) is 8.43. The lowest BCUT2D eigenvalue weighted by atomic mass is 10.1. The Morgan fingerprint density at radius 2 is 1.37 bits per heavy atom. The largest absolute Gasteiger partial charge is 0.356 e. The molecule has 1 aliphatic rings. The summed E-state index contributed by atoms with van der Waals surface area (Å²) in [7, 11) is 0. The van der Waals surface area contributed by atoms with Gasteiger partial charge in [-0.3, -0.25) is 0 Å². The zero-order valence-corrected chi connectivity index (χ0v) is 18.1. The maximum atomic E-state index is 2.57. The Kier molecular flexibility index (Phi) is 10.4. The summed E-state index contributed by atoms with van der Waals surface area (Å²) in [4.78, 5) is 5.08. The Bertz CT molecular complexity index is 508. The van der Waals surface area contributed by atoms with E-state index in [0.717, 1.165) is 6.42 Å². The molecular formula is C25H42N2. The zero-order valence-electron chi connectivity index (χ0n) is 18.1. The van der Waals surface area contributed by atoms with E-state index in [-0.39, 0.29) is 0 Å². The monoisotopic (exact) mass is 370 g/mol. The summed E-state index contributed by atoms with van der Waals surface area (Å²) in [6, 6.07) is 11.5. The van der Waals surface area contributed by atoms with Crippen molar-refractivity contribution in [1.29, 1.82) is 0 Å². The molecule has 0 amide bonds. The van der Waals surface area contributed by atoms with Crippen LogP contribution in [0.25, 0.3) is 0 Å². The highest BCUT2D eigenvalue weighted by molar-refractivity contribution is 5.17. The number of hydrogen-bond donors (Lipinski definition) is 0. The first-order valence-corrected chi connectivity index (χ1v) is 11.5. The Balaban J connectivity index is 1.66. The van der Waals surface area contributed by atoms with E-state index in [2.05, 4.69) is 73.3 Å². The van der Waals surface area contributed by atoms with E-state index in [9.17, 15) is 0 Å². The molecule has 0 aromatic heterocycles. The van der Waals surface area contributed by atoms with E-state index in [1.54, 1.807) is 0 Å². The fraction of sp³-hybridized carbons (Fsp3) is 0.680. The Hall–Kier alpha value is -1.44. The van der Waals surface area contributed by atoms with E-state index < -0.39 is 0 Å². The number of hydrogen-bond acceptors (Lipinski definition) is 2. The molecule has 0 fully saturated rings. The lowest BCUT2D eigenvalue weighted by Crippen LogP contribution is -2.43. The summed E-state index contributed by atoms with van der Waals surface area (Å²) < 4.78 is 0. The van der Waals surface area contributed by atoms with Crippen molar-refractivity contribution in [2.24, 2.45) is 0 Å². The lowest BCUT2D eigenvalue weighted by Gasteiger charge is -2.35. The van der Waals surface area contributed by atoms with Crippen LogP contribution in [0.1, 0.15) is 90.5 Å². The average molecular weight is 371 g/mol. The van der Waals surface area contributed by atoms with Gasteiger partial charge >= 0.3 is 0 Å². The van der Waals surface area contributed by atoms with Gasteiger partial charge in [-0.15, -0.1) is 0 Å². The first-order chi connectivity index (χ1) is 13.2. The van der Waals surface area contributed by atoms with Gasteiger partial charge in [0.1, 0.15) is 6.17 Å². The van der Waals surface area contributed by atoms with Crippen molar-refractivity contribution in [1.82, 2.24) is 9.80 Å². The molecule has 152 valence electrons. The highest BCUT2D eigenvalue weighted by atomic mass is 15.4. The van der Waals surface area contributed by atoms with Crippen molar-refractivity contribution in [2.45, 2.75) is 104 Å². The lowest BCUT2D eigenvalue weighted by molar-refractivity contribution is 0.125. The summed E-state index contributed by atoms with van der Waals surface area (Å²) >= 11 is 0. The molecule has 1 aromatic rings. The van der Waals surface area contributed by atoms with E-state index in [4.69, 9.17) is 0 Å². The minimum Gasteiger partial charge on any atom is -0.356 e. The first kappa shape index (κ1) is 21.9. The SMILES string of the molecule is CCCCCCCCCCCCN1C=CN(C(C)C)C1Cc1ccccc1. The minimum absolute atomic E-state index is 0.478. The smallest absolute Gasteiger partial charge is 0.105 e. The molecule has 2 heteroatoms. The highest BCUT2D eigenvalue weighted by Gasteiger charge is 2.27. The quantitative estimate of drug-likeness (QED) is 0.326. The van der Waals surface area contributed by atoms with Crippen molar-refractivity contribution in [3.8, 4) is 0 Å². The summed E-state index contributed by atoms with van der Waals surface area (Å²) in [6.45, 7) is 8.08. The topological polar surface area (TPSA) is 6.48 Å². The van der Waals surface area contributed by atoms with E-state index in [1.165, 1.54) is 76.3 Å². The van der Waals surface area contributed by atoms with E-state index in [1.807, 2.05) is 0 Å². The van der Waals surface area contributed by atoms with Gasteiger partial charge in [-0.25, -0.2) is 0 Å². The van der Waals surface area contributed by atoms with Crippen LogP contribution in [0.3, 0.4) is 0 Å². The van der Waals surface area contributed by atoms with Crippen molar-refractivity contribution in [2.75, 3.05) is 6.54 Å². The molecular weight excluding hydrogens is 328 g/mol. The molecule has 2 rings (SSSR count). The predicted octanol–water partition coefficient (Wildman–Crippen LogP) is 6.97. The van der Waals surface area contributed by atoms with Crippen LogP contribution in [0.5, 0.6) is 0 Å². The maximum absolute atomic E-state index is 2.57. The molecule has 0 saturated carbocycles. The molecule has 27 heavy (non-hydrogen) atoms. The molecule has 0 spiro atoms. The summed E-state index contributed by atoms with van der Waals surface area (Å²) in [5.74, 6) is 0. The van der Waals surface area contributed by atoms with Crippen LogP contribution < -0.4 is 0 Å². The van der Waals surface area contributed by atoms with Crippen molar-refractivity contribution in [3.63, 3.8) is 0 Å². The van der Waals surface area contributed by atoms with Crippen molar-refractivity contribution >= 4 is 0 Å². The fourth-order valence-electron chi connectivity index (χ4n) is 4.10. The molecule has 1 heterocycles. The molecule has 1 aromatic carbocycles. The molecule has 1 aliphatic heterocycles. The number of unbranched alkanes of at least 4 members (excludes halogenated alkanes) is 9. The van der Waals surface area contributed by atoms with E-state index in [0.29, 0.717) is 12.2 Å². The first-order valence-electron chi connectivity index (χ1n) is 11.5. The van der Waals surface area contributed by atoms with Gasteiger partial charge in [0.25, 0.3) is 0 Å². The second kappa shape index (κ2) is 12.9. The van der Waals surface area contributed by atoms with Crippen molar-refractivity contribution < 1.29 is 0 Å². The number of benzene rings is 1. The molecule has 0 saturated heterocycles. The molecule has 1 atom stereocenters. The number of nitrogens with zero attached hydrogens (tertiary/aromatic N) is 2. The van der Waals surface area contributed by atoms with Crippen LogP contribution in [0.2, 0.25) is 0 Å². The van der Waals surface area contributed by atoms with Gasteiger partial charge in [0.05, 0.1) is 0 Å². The third-order valence-electron chi connectivity index (χ3n) is 5.78. The summed E-state index contributed by atoms with van der Waals surface area (Å²) in [5.41, 5.74) is 1.44. The molecule has 0 N–H and O–H groups in total. The third-order valence-corrected chi connectivity index (χ3v) is 5.78. The molecule has 0 aliphatic carbocycles. The maximum Gasteiger partial charge on any atom is 0.105 e. The van der Waals surface area contributed by atoms with Gasteiger partial charge in [-0.2, -0.15) is 0 Å². The van der Waals surface area contributed by atoms with Gasteiger partial charge in [0.15, 0.2) is 0 Å². The van der Waals surface area contributed by atoms with Crippen LogP contribution in [0, 0.1) is 0 Å². The van der Waals surface area contributed by atoms with Crippen LogP contribution in [0.4, 0.5) is 0 Å². The third kappa shape index (κ3) is 7.99. The van der Waals surface area contributed by atoms with Crippen LogP contribution >= 0.6 is 0 Å². The zero-order chi connectivity index (χ0) is 19.3. The summed E-state index contributed by atoms with van der Waals surface area (Å²) in [6.07, 6.45) is 20.2. The minimum atomic E-state index is 0.478. The van der Waals surface area contributed by atoms with Crippen LogP contribution in [-0.4, -0.2) is 28.6 Å². The van der Waals surface area contributed by atoms with Gasteiger partial charge in [-0.05, 0) is 25.8 Å². The molecule has 0 bridgehead atoms. The normalized spacial score (nSPS) is 16.7. The van der Waals surface area contributed by atoms with Crippen molar-refractivity contribution in [3.05, 3.63) is 48.3 Å². The Morgan fingerprint density at radius 3 is 1.96 bits per heavy atom. The molecule has 2 nitrogen and oxygen atoms in total. The standard InChI is InChI=1S/C25H42N2/c1-4-5-6-7-8-9-10-11-12-16-19-26-20-21-27(23(2)3)25(26)22-24-17-14-13-15-18-24/h13-15,17-18,20-21,23,25H,4-12,16,19,22H2,1-3H3. The van der Waals surface area contributed by atoms with Gasteiger partial charge < -0.3 is 9.80 Å². The highest BCUT2D eigenvalue weighted by Crippen LogP contribution is 2.23. The molecule has 0 radical (unpaired) electrons. The second-order valence-corrected chi connectivity index (χ2v) is 8.43. The fourth-order valence-corrected chi connectivity index (χ4v) is 4.10. The van der Waals surface area contributed by atoms with Gasteiger partial charge in [-0.1, -0.05) is 95.0 Å². The van der Waals surface area contributed by atoms with Gasteiger partial charge in [0, 0.05) is 31.4 Å². The van der Waals surface area contributed by atoms with Crippen LogP contribution in [-0.2, 0) is 6.42 Å². The van der Waals surface area contributed by atoms with Gasteiger partial charge in [0.2, 0.25) is 0 Å². The van der Waals surface area contributed by atoms with Crippen LogP contribution in [0.15, 0.2) is 42.7 Å². The van der Waals surface area contributed by atoms with E-state index >= 15 is 0 Å². The Labute approximate surface area is 168 Å². The summed E-state index contributed by atoms with van der Waals surface area (Å²) in [5, 5.41) is 0. The number of rotatable bonds is 14.